The van der Waals surface area contributed by atoms with Gasteiger partial charge in [0.25, 0.3) is 0 Å². The average molecular weight is 270 g/mol. The molecule has 0 saturated carbocycles. The molecule has 2 aromatic heterocycles. The molecule has 0 radical (unpaired) electrons. The largest absolute Gasteiger partial charge is 0.381 e. The molecule has 0 fully saturated rings. The Bertz CT molecular complexity index is 599. The maximum absolute atomic E-state index is 11.0. The minimum Gasteiger partial charge on any atom is -0.381 e. The van der Waals surface area contributed by atoms with E-state index in [-0.39, 0.29) is 13.1 Å². The molecule has 20 heavy (non-hydrogen) atoms. The predicted molar refractivity (Wildman–Crippen MR) is 70.4 cm³/mol. The van der Waals surface area contributed by atoms with E-state index in [2.05, 4.69) is 20.2 Å². The normalized spacial score (nSPS) is 11.7. The maximum Gasteiger partial charge on any atom is 0.137 e. The van der Waals surface area contributed by atoms with Crippen molar-refractivity contribution in [3.63, 3.8) is 0 Å². The van der Waals surface area contributed by atoms with E-state index in [0.717, 1.165) is 5.56 Å². The van der Waals surface area contributed by atoms with Gasteiger partial charge in [-0.2, -0.15) is 10.2 Å². The quantitative estimate of drug-likeness (QED) is 0.728. The third kappa shape index (κ3) is 2.57. The van der Waals surface area contributed by atoms with Crippen LogP contribution < -0.4 is 0 Å². The first-order valence-electron chi connectivity index (χ1n) is 6.19. The maximum atomic E-state index is 11.0. The Hall–Kier alpha value is -2.54. The molecule has 0 aliphatic rings. The van der Waals surface area contributed by atoms with E-state index >= 15 is 0 Å². The highest BCUT2D eigenvalue weighted by molar-refractivity contribution is 5.22. The molecule has 7 nitrogen and oxygen atoms in total. The highest BCUT2D eigenvalue weighted by Gasteiger charge is 2.31. The highest BCUT2D eigenvalue weighted by atomic mass is 16.3. The average Bonchev–Trinajstić information content (AvgIpc) is 3.13. The smallest absolute Gasteiger partial charge is 0.137 e. The van der Waals surface area contributed by atoms with E-state index in [4.69, 9.17) is 0 Å². The summed E-state index contributed by atoms with van der Waals surface area (Å²) < 4.78 is 3.20. The minimum absolute atomic E-state index is 0.289. The molecule has 0 amide bonds. The molecule has 102 valence electrons. The van der Waals surface area contributed by atoms with E-state index in [1.165, 1.54) is 12.7 Å². The van der Waals surface area contributed by atoms with E-state index in [1.807, 2.05) is 30.3 Å². The number of aliphatic hydroxyl groups is 1. The van der Waals surface area contributed by atoms with Crippen molar-refractivity contribution < 1.29 is 5.11 Å². The van der Waals surface area contributed by atoms with Crippen LogP contribution in [-0.4, -0.2) is 34.6 Å². The number of nitrogens with zero attached hydrogens (tertiary/aromatic N) is 6. The molecule has 0 bridgehead atoms. The Morgan fingerprint density at radius 3 is 1.90 bits per heavy atom. The molecule has 7 heteroatoms. The number of benzene rings is 1. The Morgan fingerprint density at radius 2 is 1.45 bits per heavy atom. The zero-order valence-corrected chi connectivity index (χ0v) is 10.7. The molecule has 0 aliphatic carbocycles. The summed E-state index contributed by atoms with van der Waals surface area (Å²) in [4.78, 5) is 7.81. The van der Waals surface area contributed by atoms with Gasteiger partial charge in [0.2, 0.25) is 0 Å². The predicted octanol–water partition coefficient (Wildman–Crippen LogP) is 0.458. The first-order chi connectivity index (χ1) is 9.76. The van der Waals surface area contributed by atoms with Crippen LogP contribution in [0.25, 0.3) is 0 Å². The molecular weight excluding hydrogens is 256 g/mol. The number of hydrogen-bond acceptors (Lipinski definition) is 5. The van der Waals surface area contributed by atoms with Gasteiger partial charge in [0.05, 0.1) is 13.1 Å². The monoisotopic (exact) mass is 270 g/mol. The summed E-state index contributed by atoms with van der Waals surface area (Å²) in [7, 11) is 0. The van der Waals surface area contributed by atoms with Crippen LogP contribution in [0, 0.1) is 0 Å². The molecule has 1 N–H and O–H groups in total. The van der Waals surface area contributed by atoms with E-state index in [1.54, 1.807) is 22.0 Å². The molecule has 0 unspecified atom stereocenters. The summed E-state index contributed by atoms with van der Waals surface area (Å²) in [6, 6.07) is 9.46. The van der Waals surface area contributed by atoms with Crippen molar-refractivity contribution in [2.45, 2.75) is 18.7 Å². The Labute approximate surface area is 115 Å². The van der Waals surface area contributed by atoms with Crippen LogP contribution in [0.3, 0.4) is 0 Å². The Kier molecular flexibility index (Phi) is 3.26. The second-order valence-corrected chi connectivity index (χ2v) is 4.58. The molecule has 3 rings (SSSR count). The van der Waals surface area contributed by atoms with Gasteiger partial charge in [-0.25, -0.2) is 19.3 Å². The summed E-state index contributed by atoms with van der Waals surface area (Å²) >= 11 is 0. The standard InChI is InChI=1S/C13H14N6O/c20-13(6-18-10-14-8-16-18,7-19-11-15-9-17-19)12-4-2-1-3-5-12/h1-5,8-11,20H,6-7H2. The number of aromatic nitrogens is 6. The van der Waals surface area contributed by atoms with E-state index in [0.29, 0.717) is 0 Å². The molecule has 0 aliphatic heterocycles. The fourth-order valence-corrected chi connectivity index (χ4v) is 2.15. The second-order valence-electron chi connectivity index (χ2n) is 4.58. The van der Waals surface area contributed by atoms with E-state index in [9.17, 15) is 5.11 Å². The van der Waals surface area contributed by atoms with Crippen LogP contribution in [0.4, 0.5) is 0 Å². The van der Waals surface area contributed by atoms with Crippen molar-refractivity contribution in [2.24, 2.45) is 0 Å². The molecule has 3 aromatic rings. The summed E-state index contributed by atoms with van der Waals surface area (Å²) in [6.45, 7) is 0.577. The third-order valence-corrected chi connectivity index (χ3v) is 3.09. The summed E-state index contributed by atoms with van der Waals surface area (Å²) in [6.07, 6.45) is 6.05. The Morgan fingerprint density at radius 1 is 0.900 bits per heavy atom. The van der Waals surface area contributed by atoms with Gasteiger partial charge in [-0.05, 0) is 5.56 Å². The van der Waals surface area contributed by atoms with Crippen LogP contribution in [0.1, 0.15) is 5.56 Å². The van der Waals surface area contributed by atoms with Crippen LogP contribution in [0.2, 0.25) is 0 Å². The molecular formula is C13H14N6O. The van der Waals surface area contributed by atoms with Crippen molar-refractivity contribution in [2.75, 3.05) is 0 Å². The van der Waals surface area contributed by atoms with Crippen molar-refractivity contribution >= 4 is 0 Å². The summed E-state index contributed by atoms with van der Waals surface area (Å²) in [5.41, 5.74) is -0.339. The fourth-order valence-electron chi connectivity index (χ4n) is 2.15. The second kappa shape index (κ2) is 5.22. The third-order valence-electron chi connectivity index (χ3n) is 3.09. The zero-order chi connectivity index (χ0) is 13.8. The van der Waals surface area contributed by atoms with Gasteiger partial charge in [0, 0.05) is 0 Å². The lowest BCUT2D eigenvalue weighted by atomic mass is 9.93. The minimum atomic E-state index is -1.14. The van der Waals surface area contributed by atoms with Crippen LogP contribution in [-0.2, 0) is 18.7 Å². The topological polar surface area (TPSA) is 81.6 Å². The van der Waals surface area contributed by atoms with E-state index < -0.39 is 5.60 Å². The fraction of sp³-hybridized carbons (Fsp3) is 0.231. The van der Waals surface area contributed by atoms with Gasteiger partial charge >= 0.3 is 0 Å². The van der Waals surface area contributed by atoms with Gasteiger partial charge in [-0.1, -0.05) is 30.3 Å². The van der Waals surface area contributed by atoms with Crippen LogP contribution in [0.15, 0.2) is 55.6 Å². The molecule has 2 heterocycles. The molecule has 0 spiro atoms. The van der Waals surface area contributed by atoms with Crippen molar-refractivity contribution in [3.8, 4) is 0 Å². The van der Waals surface area contributed by atoms with Crippen LogP contribution >= 0.6 is 0 Å². The van der Waals surface area contributed by atoms with Gasteiger partial charge in [-0.15, -0.1) is 0 Å². The lowest BCUT2D eigenvalue weighted by Gasteiger charge is -2.28. The first kappa shape index (κ1) is 12.5. The van der Waals surface area contributed by atoms with Gasteiger partial charge in [0.15, 0.2) is 0 Å². The van der Waals surface area contributed by atoms with Crippen molar-refractivity contribution in [3.05, 3.63) is 61.2 Å². The first-order valence-corrected chi connectivity index (χ1v) is 6.19. The van der Waals surface area contributed by atoms with Crippen LogP contribution in [0.5, 0.6) is 0 Å². The van der Waals surface area contributed by atoms with Crippen molar-refractivity contribution in [1.29, 1.82) is 0 Å². The summed E-state index contributed by atoms with van der Waals surface area (Å²) in [5.74, 6) is 0. The molecule has 0 atom stereocenters. The SMILES string of the molecule is OC(Cn1cncn1)(Cn1cncn1)c1ccccc1. The molecule has 0 saturated heterocycles. The summed E-state index contributed by atoms with van der Waals surface area (Å²) in [5, 5.41) is 19.2. The molecule has 1 aromatic carbocycles. The van der Waals surface area contributed by atoms with Crippen molar-refractivity contribution in [1.82, 2.24) is 29.5 Å². The number of rotatable bonds is 5. The van der Waals surface area contributed by atoms with Gasteiger partial charge in [0.1, 0.15) is 30.9 Å². The van der Waals surface area contributed by atoms with Gasteiger partial charge < -0.3 is 5.11 Å². The number of hydrogen-bond donors (Lipinski definition) is 1. The Balaban J connectivity index is 1.93. The zero-order valence-electron chi connectivity index (χ0n) is 10.7. The van der Waals surface area contributed by atoms with Gasteiger partial charge in [-0.3, -0.25) is 0 Å². The highest BCUT2D eigenvalue weighted by Crippen LogP contribution is 2.24. The lowest BCUT2D eigenvalue weighted by Crippen LogP contribution is -2.36. The lowest BCUT2D eigenvalue weighted by molar-refractivity contribution is -0.00541.